The Kier molecular flexibility index (Phi) is 3.01. The number of benzene rings is 1. The molecule has 0 saturated heterocycles. The molecule has 1 atom stereocenters. The number of amides is 1. The Hall–Kier alpha value is -1.84. The topological polar surface area (TPSA) is 69.1 Å². The highest BCUT2D eigenvalue weighted by atomic mass is 16.3. The van der Waals surface area contributed by atoms with E-state index in [9.17, 15) is 4.79 Å². The van der Waals surface area contributed by atoms with Gasteiger partial charge in [-0.3, -0.25) is 4.79 Å². The van der Waals surface area contributed by atoms with Gasteiger partial charge in [0, 0.05) is 18.9 Å². The number of hydrogen-bond acceptors (Lipinski definition) is 3. The molecule has 100 valence electrons. The summed E-state index contributed by atoms with van der Waals surface area (Å²) < 4.78 is 5.74. The lowest BCUT2D eigenvalue weighted by Crippen LogP contribution is -2.13. The molecule has 3 rings (SSSR count). The van der Waals surface area contributed by atoms with Gasteiger partial charge in [0.15, 0.2) is 11.5 Å². The van der Waals surface area contributed by atoms with Crippen molar-refractivity contribution in [1.29, 1.82) is 0 Å². The Bertz CT molecular complexity index is 614. The maximum atomic E-state index is 11.0. The van der Waals surface area contributed by atoms with Gasteiger partial charge in [-0.25, -0.2) is 4.98 Å². The Morgan fingerprint density at radius 1 is 1.53 bits per heavy atom. The van der Waals surface area contributed by atoms with Crippen molar-refractivity contribution in [2.24, 2.45) is 11.7 Å². The van der Waals surface area contributed by atoms with Crippen LogP contribution in [0.1, 0.15) is 43.1 Å². The van der Waals surface area contributed by atoms with Crippen LogP contribution in [0.25, 0.3) is 11.1 Å². The van der Waals surface area contributed by atoms with Crippen LogP contribution < -0.4 is 5.73 Å². The lowest BCUT2D eigenvalue weighted by Gasteiger charge is -2.15. The largest absolute Gasteiger partial charge is 0.441 e. The molecular weight excluding hydrogens is 240 g/mol. The molecule has 1 aromatic carbocycles. The minimum atomic E-state index is -0.230. The molecule has 0 spiro atoms. The molecule has 0 aliphatic heterocycles. The normalized spacial score (nSPS) is 16.7. The highest BCUT2D eigenvalue weighted by molar-refractivity contribution is 5.77. The maximum absolute atomic E-state index is 11.0. The monoisotopic (exact) mass is 258 g/mol. The molecule has 1 aromatic heterocycles. The third kappa shape index (κ3) is 2.48. The summed E-state index contributed by atoms with van der Waals surface area (Å²) in [7, 11) is 0. The number of carbonyl (C=O) groups excluding carboxylic acids is 1. The van der Waals surface area contributed by atoms with Crippen molar-refractivity contribution in [2.45, 2.75) is 38.5 Å². The van der Waals surface area contributed by atoms with Crippen molar-refractivity contribution in [3.63, 3.8) is 0 Å². The summed E-state index contributed by atoms with van der Waals surface area (Å²) in [5.41, 5.74) is 8.24. The molecule has 1 heterocycles. The fraction of sp³-hybridized carbons (Fsp3) is 0.467. The third-order valence-electron chi connectivity index (χ3n) is 3.84. The molecule has 4 heteroatoms. The van der Waals surface area contributed by atoms with Gasteiger partial charge in [0.1, 0.15) is 5.52 Å². The van der Waals surface area contributed by atoms with Gasteiger partial charge in [-0.2, -0.15) is 0 Å². The summed E-state index contributed by atoms with van der Waals surface area (Å²) in [6.07, 6.45) is 3.70. The number of hydrogen-bond donors (Lipinski definition) is 1. The van der Waals surface area contributed by atoms with E-state index in [0.717, 1.165) is 17.5 Å². The van der Waals surface area contributed by atoms with Gasteiger partial charge in [0.25, 0.3) is 0 Å². The van der Waals surface area contributed by atoms with Crippen molar-refractivity contribution in [2.75, 3.05) is 0 Å². The molecule has 19 heavy (non-hydrogen) atoms. The van der Waals surface area contributed by atoms with E-state index >= 15 is 0 Å². The van der Waals surface area contributed by atoms with Gasteiger partial charge in [-0.15, -0.1) is 0 Å². The summed E-state index contributed by atoms with van der Waals surface area (Å²) in [5, 5.41) is 0. The van der Waals surface area contributed by atoms with Gasteiger partial charge >= 0.3 is 0 Å². The Morgan fingerprint density at radius 2 is 2.32 bits per heavy atom. The van der Waals surface area contributed by atoms with Gasteiger partial charge in [-0.05, 0) is 37.2 Å². The first-order valence-electron chi connectivity index (χ1n) is 6.79. The van der Waals surface area contributed by atoms with E-state index in [1.807, 2.05) is 19.1 Å². The van der Waals surface area contributed by atoms with Gasteiger partial charge in [0.2, 0.25) is 5.91 Å². The number of rotatable bonds is 5. The van der Waals surface area contributed by atoms with Crippen LogP contribution in [0.4, 0.5) is 0 Å². The lowest BCUT2D eigenvalue weighted by molar-refractivity contribution is -0.118. The molecule has 0 radical (unpaired) electrons. The smallest absolute Gasteiger partial charge is 0.217 e. The molecule has 0 bridgehead atoms. The summed E-state index contributed by atoms with van der Waals surface area (Å²) in [5.74, 6) is 1.48. The van der Waals surface area contributed by atoms with Crippen LogP contribution in [-0.2, 0) is 4.79 Å². The van der Waals surface area contributed by atoms with E-state index in [1.165, 1.54) is 18.4 Å². The quantitative estimate of drug-likeness (QED) is 0.896. The number of nitrogens with zero attached hydrogens (tertiary/aromatic N) is 1. The van der Waals surface area contributed by atoms with Crippen LogP contribution >= 0.6 is 0 Å². The zero-order chi connectivity index (χ0) is 13.4. The van der Waals surface area contributed by atoms with Crippen LogP contribution in [0.3, 0.4) is 0 Å². The molecule has 1 fully saturated rings. The summed E-state index contributed by atoms with van der Waals surface area (Å²) in [6.45, 7) is 1.86. The van der Waals surface area contributed by atoms with E-state index in [2.05, 4.69) is 11.1 Å². The molecule has 4 nitrogen and oxygen atoms in total. The average Bonchev–Trinajstić information content (AvgIpc) is 3.10. The molecule has 1 amide bonds. The number of fused-ring (bicyclic) bond motifs is 1. The van der Waals surface area contributed by atoms with Crippen LogP contribution in [0.15, 0.2) is 22.6 Å². The minimum absolute atomic E-state index is 0.230. The van der Waals surface area contributed by atoms with Crippen LogP contribution in [0.2, 0.25) is 0 Å². The second-order valence-electron chi connectivity index (χ2n) is 5.38. The number of aryl methyl sites for hydroxylation is 1. The van der Waals surface area contributed by atoms with E-state index in [1.54, 1.807) is 0 Å². The van der Waals surface area contributed by atoms with E-state index < -0.39 is 0 Å². The fourth-order valence-corrected chi connectivity index (χ4v) is 2.82. The molecule has 2 N–H and O–H groups in total. The SMILES string of the molecule is Cc1nc2cccc(C(CCC(N)=O)C3CC3)c2o1. The summed E-state index contributed by atoms with van der Waals surface area (Å²) in [6, 6.07) is 6.07. The fourth-order valence-electron chi connectivity index (χ4n) is 2.82. The Labute approximate surface area is 112 Å². The molecule has 1 unspecified atom stereocenters. The van der Waals surface area contributed by atoms with E-state index in [-0.39, 0.29) is 5.91 Å². The molecule has 1 saturated carbocycles. The highest BCUT2D eigenvalue weighted by Crippen LogP contribution is 2.46. The average molecular weight is 258 g/mol. The van der Waals surface area contributed by atoms with Crippen molar-refractivity contribution >= 4 is 17.0 Å². The van der Waals surface area contributed by atoms with Crippen LogP contribution in [0.5, 0.6) is 0 Å². The zero-order valence-electron chi connectivity index (χ0n) is 11.1. The predicted molar refractivity (Wildman–Crippen MR) is 72.6 cm³/mol. The molecule has 2 aromatic rings. The standard InChI is InChI=1S/C15H18N2O2/c1-9-17-13-4-2-3-12(15(13)19-9)11(10-5-6-10)7-8-14(16)18/h2-4,10-11H,5-8H2,1H3,(H2,16,18). The highest BCUT2D eigenvalue weighted by Gasteiger charge is 2.33. The van der Waals surface area contributed by atoms with Crippen molar-refractivity contribution in [3.05, 3.63) is 29.7 Å². The first kappa shape index (κ1) is 12.2. The molecule has 1 aliphatic carbocycles. The number of nitrogens with two attached hydrogens (primary N) is 1. The second kappa shape index (κ2) is 4.68. The maximum Gasteiger partial charge on any atom is 0.217 e. The first-order valence-corrected chi connectivity index (χ1v) is 6.79. The van der Waals surface area contributed by atoms with Crippen LogP contribution in [0, 0.1) is 12.8 Å². The zero-order valence-corrected chi connectivity index (χ0v) is 11.1. The lowest BCUT2D eigenvalue weighted by atomic mass is 9.89. The number of carbonyl (C=O) groups is 1. The van der Waals surface area contributed by atoms with Crippen molar-refractivity contribution in [3.8, 4) is 0 Å². The van der Waals surface area contributed by atoms with E-state index in [0.29, 0.717) is 24.1 Å². The third-order valence-corrected chi connectivity index (χ3v) is 3.84. The van der Waals surface area contributed by atoms with Gasteiger partial charge in [-0.1, -0.05) is 12.1 Å². The Balaban J connectivity index is 1.97. The number of primary amides is 1. The number of para-hydroxylation sites is 1. The Morgan fingerprint density at radius 3 is 3.00 bits per heavy atom. The first-order chi connectivity index (χ1) is 9.15. The molecular formula is C15H18N2O2. The summed E-state index contributed by atoms with van der Waals surface area (Å²) in [4.78, 5) is 15.4. The van der Waals surface area contributed by atoms with Gasteiger partial charge in [0.05, 0.1) is 0 Å². The predicted octanol–water partition coefficient (Wildman–Crippen LogP) is 2.90. The molecule has 1 aliphatic rings. The number of aromatic nitrogens is 1. The van der Waals surface area contributed by atoms with Gasteiger partial charge < -0.3 is 10.2 Å². The van der Waals surface area contributed by atoms with Crippen molar-refractivity contribution < 1.29 is 9.21 Å². The van der Waals surface area contributed by atoms with Crippen molar-refractivity contribution in [1.82, 2.24) is 4.98 Å². The summed E-state index contributed by atoms with van der Waals surface area (Å²) >= 11 is 0. The van der Waals surface area contributed by atoms with Crippen LogP contribution in [-0.4, -0.2) is 10.9 Å². The van der Waals surface area contributed by atoms with E-state index in [4.69, 9.17) is 10.2 Å². The minimum Gasteiger partial charge on any atom is -0.441 e. The second-order valence-corrected chi connectivity index (χ2v) is 5.38. The number of oxazole rings is 1.